The third kappa shape index (κ3) is 2.45. The number of rotatable bonds is 7. The van der Waals surface area contributed by atoms with Gasteiger partial charge < -0.3 is 16.5 Å². The van der Waals surface area contributed by atoms with Crippen molar-refractivity contribution in [2.24, 2.45) is 16.1 Å². The van der Waals surface area contributed by atoms with E-state index in [0.717, 1.165) is 25.8 Å². The Morgan fingerprint density at radius 3 is 2.84 bits per heavy atom. The highest BCUT2D eigenvalue weighted by Gasteiger charge is 2.85. The second-order valence-corrected chi connectivity index (χ2v) is 5.19. The van der Waals surface area contributed by atoms with Gasteiger partial charge in [0.15, 0.2) is 0 Å². The second kappa shape index (κ2) is 4.98. The molecule has 0 heterocycles. The SMILES string of the molecule is CNCC/C=C\C(N)=C(C=N)C=NC12CC1(C#N)C2. The number of allylic oxidation sites excluding steroid dienone is 2. The molecule has 0 aromatic rings. The van der Waals surface area contributed by atoms with Crippen molar-refractivity contribution in [2.45, 2.75) is 24.8 Å². The molecule has 5 heteroatoms. The molecular weight excluding hydrogens is 238 g/mol. The molecule has 0 bridgehead atoms. The molecule has 0 saturated heterocycles. The number of nitriles is 1. The largest absolute Gasteiger partial charge is 0.398 e. The van der Waals surface area contributed by atoms with Gasteiger partial charge in [0.1, 0.15) is 0 Å². The molecule has 0 unspecified atom stereocenters. The van der Waals surface area contributed by atoms with E-state index >= 15 is 0 Å². The lowest BCUT2D eigenvalue weighted by atomic mass is 10.2. The van der Waals surface area contributed by atoms with Crippen LogP contribution in [0.1, 0.15) is 19.3 Å². The maximum absolute atomic E-state index is 8.95. The minimum Gasteiger partial charge on any atom is -0.398 e. The lowest BCUT2D eigenvalue weighted by molar-refractivity contribution is 0.769. The summed E-state index contributed by atoms with van der Waals surface area (Å²) in [6.45, 7) is 0.894. The topological polar surface area (TPSA) is 98.0 Å². The molecule has 0 radical (unpaired) electrons. The first kappa shape index (κ1) is 13.5. The molecule has 100 valence electrons. The maximum atomic E-state index is 8.95. The number of hydrogen-bond donors (Lipinski definition) is 3. The quantitative estimate of drug-likeness (QED) is 0.362. The van der Waals surface area contributed by atoms with Crippen LogP contribution in [0, 0.1) is 22.2 Å². The van der Waals surface area contributed by atoms with Gasteiger partial charge in [-0.3, -0.25) is 4.99 Å². The molecule has 2 aliphatic rings. The summed E-state index contributed by atoms with van der Waals surface area (Å²) in [4.78, 5) is 4.44. The number of hydrogen-bond acceptors (Lipinski definition) is 5. The van der Waals surface area contributed by atoms with Crippen molar-refractivity contribution in [3.05, 3.63) is 23.4 Å². The Balaban J connectivity index is 1.97. The fraction of sp³-hybridized carbons (Fsp3) is 0.500. The van der Waals surface area contributed by atoms with Gasteiger partial charge >= 0.3 is 0 Å². The highest BCUT2D eigenvalue weighted by molar-refractivity contribution is 6.04. The van der Waals surface area contributed by atoms with Gasteiger partial charge in [-0.2, -0.15) is 5.26 Å². The highest BCUT2D eigenvalue weighted by atomic mass is 15.1. The molecule has 2 rings (SSSR count). The minimum atomic E-state index is -0.186. The monoisotopic (exact) mass is 257 g/mol. The molecule has 5 nitrogen and oxygen atoms in total. The number of nitrogens with two attached hydrogens (primary N) is 1. The first-order valence-corrected chi connectivity index (χ1v) is 6.41. The molecule has 19 heavy (non-hydrogen) atoms. The average Bonchev–Trinajstić information content (AvgIpc) is 3.21. The van der Waals surface area contributed by atoms with Crippen LogP contribution in [0.2, 0.25) is 0 Å². The predicted molar refractivity (Wildman–Crippen MR) is 76.2 cm³/mol. The van der Waals surface area contributed by atoms with E-state index in [0.29, 0.717) is 11.3 Å². The van der Waals surface area contributed by atoms with Gasteiger partial charge in [0.25, 0.3) is 0 Å². The predicted octanol–water partition coefficient (Wildman–Crippen LogP) is 1.14. The summed E-state index contributed by atoms with van der Waals surface area (Å²) < 4.78 is 0. The molecule has 0 aromatic heterocycles. The summed E-state index contributed by atoms with van der Waals surface area (Å²) in [5.74, 6) is 0. The van der Waals surface area contributed by atoms with Gasteiger partial charge in [0.2, 0.25) is 0 Å². The number of nitrogens with zero attached hydrogens (tertiary/aromatic N) is 2. The molecule has 0 amide bonds. The standard InChI is InChI=1S/C14H19N5/c1-18-5-3-2-4-12(17)11(6-15)7-19-14-8-13(14,9-14)10-16/h2,4,6-7,15,18H,3,5,8-9,17H2,1H3/b4-2-,12-11?,15-6?,19-7?. The average molecular weight is 257 g/mol. The van der Waals surface area contributed by atoms with E-state index in [1.54, 1.807) is 12.3 Å². The van der Waals surface area contributed by atoms with E-state index in [2.05, 4.69) is 16.4 Å². The van der Waals surface area contributed by atoms with E-state index in [9.17, 15) is 0 Å². The van der Waals surface area contributed by atoms with Crippen LogP contribution < -0.4 is 11.1 Å². The lowest BCUT2D eigenvalue weighted by Crippen LogP contribution is -2.06. The van der Waals surface area contributed by atoms with Crippen molar-refractivity contribution in [1.82, 2.24) is 5.32 Å². The summed E-state index contributed by atoms with van der Waals surface area (Å²) in [5, 5.41) is 19.4. The fourth-order valence-corrected chi connectivity index (χ4v) is 2.18. The molecular formula is C14H19N5. The minimum absolute atomic E-state index is 0.147. The molecule has 2 saturated carbocycles. The lowest BCUT2D eigenvalue weighted by Gasteiger charge is -1.99. The van der Waals surface area contributed by atoms with E-state index in [-0.39, 0.29) is 11.0 Å². The van der Waals surface area contributed by atoms with Crippen molar-refractivity contribution in [1.29, 1.82) is 10.7 Å². The summed E-state index contributed by atoms with van der Waals surface area (Å²) in [6.07, 6.45) is 9.22. The zero-order chi connectivity index (χ0) is 13.9. The maximum Gasteiger partial charge on any atom is 0.0873 e. The fourth-order valence-electron chi connectivity index (χ4n) is 2.18. The summed E-state index contributed by atoms with van der Waals surface area (Å²) in [7, 11) is 1.90. The van der Waals surface area contributed by atoms with Gasteiger partial charge in [-0.25, -0.2) is 0 Å². The molecule has 2 fully saturated rings. The highest BCUT2D eigenvalue weighted by Crippen LogP contribution is 2.80. The molecule has 0 atom stereocenters. The van der Waals surface area contributed by atoms with Gasteiger partial charge in [0, 0.05) is 23.7 Å². The van der Waals surface area contributed by atoms with Crippen LogP contribution in [0.5, 0.6) is 0 Å². The normalized spacial score (nSPS) is 32.8. The van der Waals surface area contributed by atoms with Crippen molar-refractivity contribution < 1.29 is 0 Å². The summed E-state index contributed by atoms with van der Waals surface area (Å²) >= 11 is 0. The van der Waals surface area contributed by atoms with Crippen LogP contribution in [-0.4, -0.2) is 31.6 Å². The zero-order valence-corrected chi connectivity index (χ0v) is 11.1. The zero-order valence-electron chi connectivity index (χ0n) is 11.1. The van der Waals surface area contributed by atoms with Crippen molar-refractivity contribution >= 4 is 12.4 Å². The van der Waals surface area contributed by atoms with Crippen LogP contribution in [0.4, 0.5) is 0 Å². The van der Waals surface area contributed by atoms with Crippen LogP contribution in [-0.2, 0) is 0 Å². The first-order valence-electron chi connectivity index (χ1n) is 6.41. The van der Waals surface area contributed by atoms with Crippen molar-refractivity contribution in [2.75, 3.05) is 13.6 Å². The Bertz CT molecular complexity index is 500. The summed E-state index contributed by atoms with van der Waals surface area (Å²) in [6, 6.07) is 2.31. The molecule has 0 aliphatic heterocycles. The van der Waals surface area contributed by atoms with E-state index in [1.165, 1.54) is 6.21 Å². The number of aliphatic imine (C=N–C) groups is 1. The van der Waals surface area contributed by atoms with E-state index in [4.69, 9.17) is 16.4 Å². The smallest absolute Gasteiger partial charge is 0.0873 e. The Kier molecular flexibility index (Phi) is 3.54. The molecule has 4 N–H and O–H groups in total. The third-order valence-corrected chi connectivity index (χ3v) is 3.84. The third-order valence-electron chi connectivity index (χ3n) is 3.84. The van der Waals surface area contributed by atoms with Gasteiger partial charge in [0.05, 0.1) is 17.0 Å². The van der Waals surface area contributed by atoms with Crippen LogP contribution in [0.15, 0.2) is 28.4 Å². The van der Waals surface area contributed by atoms with E-state index in [1.807, 2.05) is 13.1 Å². The Morgan fingerprint density at radius 1 is 1.58 bits per heavy atom. The number of fused-ring (bicyclic) bond motifs is 1. The van der Waals surface area contributed by atoms with Gasteiger partial charge in [-0.15, -0.1) is 0 Å². The molecule has 2 aliphatic carbocycles. The second-order valence-electron chi connectivity index (χ2n) is 5.19. The van der Waals surface area contributed by atoms with Gasteiger partial charge in [-0.1, -0.05) is 6.08 Å². The Morgan fingerprint density at radius 2 is 2.32 bits per heavy atom. The molecule has 0 aromatic carbocycles. The Labute approximate surface area is 113 Å². The van der Waals surface area contributed by atoms with Crippen LogP contribution in [0.25, 0.3) is 0 Å². The summed E-state index contributed by atoms with van der Waals surface area (Å²) in [5.41, 5.74) is 6.71. The van der Waals surface area contributed by atoms with Crippen LogP contribution >= 0.6 is 0 Å². The van der Waals surface area contributed by atoms with E-state index < -0.39 is 0 Å². The van der Waals surface area contributed by atoms with Crippen molar-refractivity contribution in [3.63, 3.8) is 0 Å². The van der Waals surface area contributed by atoms with Gasteiger partial charge in [-0.05, 0) is 38.9 Å². The van der Waals surface area contributed by atoms with Crippen LogP contribution in [0.3, 0.4) is 0 Å². The van der Waals surface area contributed by atoms with Crippen molar-refractivity contribution in [3.8, 4) is 6.07 Å². The first-order chi connectivity index (χ1) is 9.13. The molecule has 0 spiro atoms. The Hall–Kier alpha value is -1.93. The number of nitrogens with one attached hydrogen (secondary N) is 2.